The smallest absolute Gasteiger partial charge is 0.237 e. The SMILES string of the molecule is C[NH+](Cc1nc2ccccc2s1)CN1C(=O)[C@H]2CCCC[C@H]2C1=O. The average molecular weight is 344 g/mol. The number of thiazole rings is 1. The van der Waals surface area contributed by atoms with Crippen LogP contribution in [-0.4, -0.2) is 35.4 Å². The molecule has 2 heterocycles. The van der Waals surface area contributed by atoms with Crippen LogP contribution in [0.4, 0.5) is 0 Å². The fourth-order valence-corrected chi connectivity index (χ4v) is 5.05. The number of quaternary nitrogens is 1. The van der Waals surface area contributed by atoms with Crippen LogP contribution in [-0.2, 0) is 16.1 Å². The topological polar surface area (TPSA) is 54.7 Å². The number of carbonyl (C=O) groups is 2. The zero-order chi connectivity index (χ0) is 16.7. The molecule has 0 radical (unpaired) electrons. The molecular formula is C18H22N3O2S+. The molecule has 4 rings (SSSR count). The molecule has 2 aromatic rings. The van der Waals surface area contributed by atoms with Crippen molar-refractivity contribution in [1.82, 2.24) is 9.88 Å². The number of rotatable bonds is 4. The molecule has 1 saturated carbocycles. The van der Waals surface area contributed by atoms with E-state index in [1.807, 2.05) is 25.2 Å². The van der Waals surface area contributed by atoms with E-state index in [9.17, 15) is 9.59 Å². The molecule has 24 heavy (non-hydrogen) atoms. The van der Waals surface area contributed by atoms with Crippen LogP contribution < -0.4 is 4.90 Å². The van der Waals surface area contributed by atoms with Gasteiger partial charge in [-0.3, -0.25) is 9.59 Å². The summed E-state index contributed by atoms with van der Waals surface area (Å²) in [4.78, 5) is 32.4. The third-order valence-corrected chi connectivity index (χ3v) is 6.19. The number of hydrogen-bond donors (Lipinski definition) is 1. The first-order chi connectivity index (χ1) is 11.6. The minimum absolute atomic E-state index is 0.0494. The third-order valence-electron chi connectivity index (χ3n) is 5.15. The van der Waals surface area contributed by atoms with Crippen LogP contribution in [0.25, 0.3) is 10.2 Å². The predicted molar refractivity (Wildman–Crippen MR) is 92.4 cm³/mol. The summed E-state index contributed by atoms with van der Waals surface area (Å²) in [6.45, 7) is 1.17. The van der Waals surface area contributed by atoms with Gasteiger partial charge in [0.25, 0.3) is 0 Å². The van der Waals surface area contributed by atoms with E-state index in [1.54, 1.807) is 11.3 Å². The molecule has 2 amide bonds. The molecule has 6 heteroatoms. The van der Waals surface area contributed by atoms with Crippen molar-refractivity contribution in [3.63, 3.8) is 0 Å². The Hall–Kier alpha value is -1.79. The van der Waals surface area contributed by atoms with Crippen LogP contribution in [0.5, 0.6) is 0 Å². The molecule has 1 unspecified atom stereocenters. The van der Waals surface area contributed by atoms with Gasteiger partial charge in [0.15, 0.2) is 6.67 Å². The first-order valence-corrected chi connectivity index (χ1v) is 9.46. The van der Waals surface area contributed by atoms with E-state index in [2.05, 4.69) is 11.1 Å². The summed E-state index contributed by atoms with van der Waals surface area (Å²) in [6.07, 6.45) is 3.90. The first kappa shape index (κ1) is 15.7. The molecule has 1 aliphatic carbocycles. The Morgan fingerprint density at radius 2 is 1.83 bits per heavy atom. The summed E-state index contributed by atoms with van der Waals surface area (Å²) in [7, 11) is 2.02. The lowest BCUT2D eigenvalue weighted by Crippen LogP contribution is -3.09. The number of likely N-dealkylation sites (tertiary alicyclic amines) is 1. The molecule has 1 saturated heterocycles. The summed E-state index contributed by atoms with van der Waals surface area (Å²) >= 11 is 1.68. The Bertz CT molecular complexity index is 730. The van der Waals surface area contributed by atoms with Gasteiger partial charge in [-0.05, 0) is 25.0 Å². The number of fused-ring (bicyclic) bond motifs is 2. The fraction of sp³-hybridized carbons (Fsp3) is 0.500. The maximum atomic E-state index is 12.6. The molecule has 1 aromatic heterocycles. The normalized spacial score (nSPS) is 25.3. The fourth-order valence-electron chi connectivity index (χ4n) is 3.97. The van der Waals surface area contributed by atoms with E-state index in [4.69, 9.17) is 0 Å². The summed E-state index contributed by atoms with van der Waals surface area (Å²) in [6, 6.07) is 8.10. The highest BCUT2D eigenvalue weighted by Gasteiger charge is 2.49. The monoisotopic (exact) mass is 344 g/mol. The summed E-state index contributed by atoms with van der Waals surface area (Å²) in [5.41, 5.74) is 1.02. The lowest BCUT2D eigenvalue weighted by molar-refractivity contribution is -0.901. The first-order valence-electron chi connectivity index (χ1n) is 8.64. The van der Waals surface area contributed by atoms with Gasteiger partial charge in [-0.2, -0.15) is 0 Å². The number of imide groups is 1. The Morgan fingerprint density at radius 1 is 1.17 bits per heavy atom. The molecule has 1 aromatic carbocycles. The van der Waals surface area contributed by atoms with Gasteiger partial charge in [-0.1, -0.05) is 25.0 Å². The number of hydrogen-bond acceptors (Lipinski definition) is 4. The summed E-state index contributed by atoms with van der Waals surface area (Å²) < 4.78 is 1.18. The predicted octanol–water partition coefficient (Wildman–Crippen LogP) is 1.44. The van der Waals surface area contributed by atoms with E-state index < -0.39 is 0 Å². The molecule has 3 atom stereocenters. The Balaban J connectivity index is 1.44. The molecule has 126 valence electrons. The van der Waals surface area contributed by atoms with Gasteiger partial charge in [-0.25, -0.2) is 9.88 Å². The number of aromatic nitrogens is 1. The van der Waals surface area contributed by atoms with E-state index in [-0.39, 0.29) is 23.7 Å². The third kappa shape index (κ3) is 2.74. The molecule has 0 bridgehead atoms. The highest BCUT2D eigenvalue weighted by molar-refractivity contribution is 7.18. The molecule has 5 nitrogen and oxygen atoms in total. The van der Waals surface area contributed by atoms with Crippen molar-refractivity contribution in [2.75, 3.05) is 13.7 Å². The van der Waals surface area contributed by atoms with Crippen LogP contribution in [0.2, 0.25) is 0 Å². The largest absolute Gasteiger partial charge is 0.314 e. The van der Waals surface area contributed by atoms with Crippen LogP contribution in [0, 0.1) is 11.8 Å². The molecule has 0 spiro atoms. The Morgan fingerprint density at radius 3 is 2.50 bits per heavy atom. The number of amides is 2. The highest BCUT2D eigenvalue weighted by Crippen LogP contribution is 2.37. The Labute approximate surface area is 145 Å². The average Bonchev–Trinajstić information content (AvgIpc) is 3.09. The van der Waals surface area contributed by atoms with Crippen molar-refractivity contribution in [2.24, 2.45) is 11.8 Å². The van der Waals surface area contributed by atoms with Crippen molar-refractivity contribution < 1.29 is 14.5 Å². The number of nitrogens with one attached hydrogen (secondary N) is 1. The van der Waals surface area contributed by atoms with Gasteiger partial charge in [0.05, 0.1) is 29.1 Å². The number of nitrogens with zero attached hydrogens (tertiary/aromatic N) is 2. The zero-order valence-electron chi connectivity index (χ0n) is 13.8. The van der Waals surface area contributed by atoms with Crippen LogP contribution in [0.15, 0.2) is 24.3 Å². The van der Waals surface area contributed by atoms with E-state index in [1.165, 1.54) is 9.60 Å². The standard InChI is InChI=1S/C18H21N3O2S/c1-20(10-16-19-14-8-4-5-9-15(14)24-16)11-21-17(22)12-6-2-3-7-13(12)18(21)23/h4-5,8-9,12-13H,2-3,6-7,10-11H2,1H3/p+1/t12-,13+. The maximum absolute atomic E-state index is 12.6. The van der Waals surface area contributed by atoms with E-state index in [0.717, 1.165) is 47.7 Å². The van der Waals surface area contributed by atoms with Crippen molar-refractivity contribution >= 4 is 33.4 Å². The maximum Gasteiger partial charge on any atom is 0.237 e. The molecule has 2 aliphatic rings. The second kappa shape index (κ2) is 6.26. The number of carbonyl (C=O) groups excluding carboxylic acids is 2. The minimum atomic E-state index is -0.0542. The van der Waals surface area contributed by atoms with Crippen molar-refractivity contribution in [3.8, 4) is 0 Å². The van der Waals surface area contributed by atoms with Gasteiger partial charge in [0.1, 0.15) is 11.6 Å². The van der Waals surface area contributed by atoms with E-state index in [0.29, 0.717) is 6.67 Å². The summed E-state index contributed by atoms with van der Waals surface area (Å²) in [5.74, 6) is -0.00954. The van der Waals surface area contributed by atoms with Crippen molar-refractivity contribution in [2.45, 2.75) is 32.2 Å². The Kier molecular flexibility index (Phi) is 4.10. The molecule has 2 fully saturated rings. The molecular weight excluding hydrogens is 322 g/mol. The number of para-hydroxylation sites is 1. The summed E-state index contributed by atoms with van der Waals surface area (Å²) in [5, 5.41) is 1.05. The zero-order valence-corrected chi connectivity index (χ0v) is 14.6. The van der Waals surface area contributed by atoms with Crippen molar-refractivity contribution in [1.29, 1.82) is 0 Å². The lowest BCUT2D eigenvalue weighted by atomic mass is 9.81. The van der Waals surface area contributed by atoms with Crippen LogP contribution in [0.3, 0.4) is 0 Å². The number of benzene rings is 1. The molecule has 1 aliphatic heterocycles. The lowest BCUT2D eigenvalue weighted by Gasteiger charge is -2.19. The van der Waals surface area contributed by atoms with Gasteiger partial charge in [0.2, 0.25) is 11.8 Å². The molecule has 1 N–H and O–H groups in total. The minimum Gasteiger partial charge on any atom is -0.314 e. The highest BCUT2D eigenvalue weighted by atomic mass is 32.1. The van der Waals surface area contributed by atoms with Gasteiger partial charge in [0, 0.05) is 0 Å². The van der Waals surface area contributed by atoms with Gasteiger partial charge < -0.3 is 4.90 Å². The van der Waals surface area contributed by atoms with Crippen LogP contribution in [0.1, 0.15) is 30.7 Å². The van der Waals surface area contributed by atoms with Gasteiger partial charge in [-0.15, -0.1) is 11.3 Å². The van der Waals surface area contributed by atoms with Gasteiger partial charge >= 0.3 is 0 Å². The van der Waals surface area contributed by atoms with E-state index >= 15 is 0 Å². The van der Waals surface area contributed by atoms with Crippen LogP contribution >= 0.6 is 11.3 Å². The second-order valence-electron chi connectivity index (χ2n) is 6.97. The second-order valence-corrected chi connectivity index (χ2v) is 8.08. The quantitative estimate of drug-likeness (QED) is 0.854. The van der Waals surface area contributed by atoms with Crippen molar-refractivity contribution in [3.05, 3.63) is 29.3 Å².